The molecule has 0 aliphatic rings. The molecule has 23 heavy (non-hydrogen) atoms. The summed E-state index contributed by atoms with van der Waals surface area (Å²) in [5, 5.41) is 18.0. The molecule has 0 saturated heterocycles. The topological polar surface area (TPSA) is 62.4 Å². The van der Waals surface area contributed by atoms with Gasteiger partial charge in [0.2, 0.25) is 11.8 Å². The number of benzene rings is 2. The standard InChI is InChI=1S/C18H19N3O2/c1-14(22)12-21(16-10-6-3-7-11-16)13-17-19-20-18(23-17)15-8-4-2-5-9-15/h2-11,14,22H,12-13H2,1H3/t14-/m0/s1. The van der Waals surface area contributed by atoms with Gasteiger partial charge in [0.1, 0.15) is 0 Å². The number of hydrogen-bond acceptors (Lipinski definition) is 5. The summed E-state index contributed by atoms with van der Waals surface area (Å²) in [4.78, 5) is 2.02. The van der Waals surface area contributed by atoms with Crippen LogP contribution < -0.4 is 4.90 Å². The molecule has 1 atom stereocenters. The van der Waals surface area contributed by atoms with E-state index in [9.17, 15) is 5.11 Å². The van der Waals surface area contributed by atoms with Crippen LogP contribution in [0, 0.1) is 0 Å². The van der Waals surface area contributed by atoms with Crippen molar-refractivity contribution in [2.45, 2.75) is 19.6 Å². The summed E-state index contributed by atoms with van der Waals surface area (Å²) in [7, 11) is 0. The Hall–Kier alpha value is -2.66. The molecule has 3 rings (SSSR count). The molecular weight excluding hydrogens is 290 g/mol. The minimum atomic E-state index is -0.452. The summed E-state index contributed by atoms with van der Waals surface area (Å²) < 4.78 is 5.76. The molecule has 2 aromatic carbocycles. The monoisotopic (exact) mass is 309 g/mol. The third-order valence-electron chi connectivity index (χ3n) is 3.42. The van der Waals surface area contributed by atoms with Crippen molar-refractivity contribution in [1.29, 1.82) is 0 Å². The zero-order valence-electron chi connectivity index (χ0n) is 13.0. The number of para-hydroxylation sites is 1. The Kier molecular flexibility index (Phi) is 4.68. The fourth-order valence-corrected chi connectivity index (χ4v) is 2.40. The highest BCUT2D eigenvalue weighted by atomic mass is 16.4. The molecule has 1 heterocycles. The van der Waals surface area contributed by atoms with Gasteiger partial charge in [0.25, 0.3) is 0 Å². The Morgan fingerprint density at radius 2 is 1.65 bits per heavy atom. The molecule has 0 aliphatic heterocycles. The summed E-state index contributed by atoms with van der Waals surface area (Å²) in [5.74, 6) is 1.03. The highest BCUT2D eigenvalue weighted by Crippen LogP contribution is 2.20. The van der Waals surface area contributed by atoms with E-state index in [0.717, 1.165) is 11.3 Å². The Morgan fingerprint density at radius 1 is 1.00 bits per heavy atom. The fourth-order valence-electron chi connectivity index (χ4n) is 2.40. The summed E-state index contributed by atoms with van der Waals surface area (Å²) in [6.45, 7) is 2.71. The van der Waals surface area contributed by atoms with Gasteiger partial charge in [-0.3, -0.25) is 0 Å². The lowest BCUT2D eigenvalue weighted by Crippen LogP contribution is -2.30. The van der Waals surface area contributed by atoms with E-state index in [4.69, 9.17) is 4.42 Å². The predicted molar refractivity (Wildman–Crippen MR) is 88.9 cm³/mol. The molecule has 0 bridgehead atoms. The van der Waals surface area contributed by atoms with Gasteiger partial charge < -0.3 is 14.4 Å². The van der Waals surface area contributed by atoms with Crippen molar-refractivity contribution in [3.63, 3.8) is 0 Å². The van der Waals surface area contributed by atoms with Crippen molar-refractivity contribution >= 4 is 5.69 Å². The average molecular weight is 309 g/mol. The van der Waals surface area contributed by atoms with E-state index in [1.54, 1.807) is 6.92 Å². The minimum Gasteiger partial charge on any atom is -0.419 e. The van der Waals surface area contributed by atoms with Gasteiger partial charge in [-0.25, -0.2) is 0 Å². The normalized spacial score (nSPS) is 12.1. The minimum absolute atomic E-state index is 0.452. The van der Waals surface area contributed by atoms with Crippen LogP contribution in [0.3, 0.4) is 0 Å². The molecular formula is C18H19N3O2. The van der Waals surface area contributed by atoms with Gasteiger partial charge in [0, 0.05) is 17.8 Å². The smallest absolute Gasteiger partial charge is 0.247 e. The number of aliphatic hydroxyl groups excluding tert-OH is 1. The van der Waals surface area contributed by atoms with Gasteiger partial charge in [-0.15, -0.1) is 10.2 Å². The zero-order valence-corrected chi connectivity index (χ0v) is 13.0. The number of aromatic nitrogens is 2. The number of anilines is 1. The molecule has 3 aromatic rings. The van der Waals surface area contributed by atoms with E-state index in [1.165, 1.54) is 0 Å². The molecule has 0 saturated carbocycles. The van der Waals surface area contributed by atoms with Crippen molar-refractivity contribution in [3.05, 3.63) is 66.6 Å². The summed E-state index contributed by atoms with van der Waals surface area (Å²) in [6, 6.07) is 19.6. The second-order valence-corrected chi connectivity index (χ2v) is 5.43. The van der Waals surface area contributed by atoms with Gasteiger partial charge in [-0.2, -0.15) is 0 Å². The largest absolute Gasteiger partial charge is 0.419 e. The summed E-state index contributed by atoms with van der Waals surface area (Å²) >= 11 is 0. The van der Waals surface area contributed by atoms with Crippen LogP contribution >= 0.6 is 0 Å². The second kappa shape index (κ2) is 7.07. The SMILES string of the molecule is C[C@H](O)CN(Cc1nnc(-c2ccccc2)o1)c1ccccc1. The first-order chi connectivity index (χ1) is 11.2. The van der Waals surface area contributed by atoms with Crippen LogP contribution in [0.1, 0.15) is 12.8 Å². The summed E-state index contributed by atoms with van der Waals surface area (Å²) in [6.07, 6.45) is -0.452. The van der Waals surface area contributed by atoms with E-state index in [0.29, 0.717) is 24.9 Å². The van der Waals surface area contributed by atoms with E-state index in [2.05, 4.69) is 10.2 Å². The maximum atomic E-state index is 9.74. The fraction of sp³-hybridized carbons (Fsp3) is 0.222. The Balaban J connectivity index is 1.79. The maximum Gasteiger partial charge on any atom is 0.247 e. The average Bonchev–Trinajstić information content (AvgIpc) is 3.04. The summed E-state index contributed by atoms with van der Waals surface area (Å²) in [5.41, 5.74) is 1.90. The van der Waals surface area contributed by atoms with Crippen molar-refractivity contribution in [1.82, 2.24) is 10.2 Å². The Morgan fingerprint density at radius 3 is 2.30 bits per heavy atom. The van der Waals surface area contributed by atoms with Gasteiger partial charge in [0.05, 0.1) is 12.6 Å². The van der Waals surface area contributed by atoms with E-state index < -0.39 is 6.10 Å². The molecule has 0 radical (unpaired) electrons. The van der Waals surface area contributed by atoms with Crippen molar-refractivity contribution in [3.8, 4) is 11.5 Å². The van der Waals surface area contributed by atoms with Crippen LogP contribution in [0.4, 0.5) is 5.69 Å². The zero-order chi connectivity index (χ0) is 16.1. The lowest BCUT2D eigenvalue weighted by molar-refractivity contribution is 0.199. The molecule has 5 heteroatoms. The van der Waals surface area contributed by atoms with Crippen LogP contribution in [0.15, 0.2) is 65.1 Å². The van der Waals surface area contributed by atoms with Crippen LogP contribution in [0.5, 0.6) is 0 Å². The molecule has 1 aromatic heterocycles. The van der Waals surface area contributed by atoms with Gasteiger partial charge in [0.15, 0.2) is 0 Å². The number of hydrogen-bond donors (Lipinski definition) is 1. The van der Waals surface area contributed by atoms with Crippen molar-refractivity contribution in [2.24, 2.45) is 0 Å². The van der Waals surface area contributed by atoms with Crippen molar-refractivity contribution in [2.75, 3.05) is 11.4 Å². The number of rotatable bonds is 6. The lowest BCUT2D eigenvalue weighted by Gasteiger charge is -2.24. The molecule has 0 amide bonds. The lowest BCUT2D eigenvalue weighted by atomic mass is 10.2. The van der Waals surface area contributed by atoms with Crippen LogP contribution in [0.2, 0.25) is 0 Å². The molecule has 1 N–H and O–H groups in total. The van der Waals surface area contributed by atoms with E-state index in [1.807, 2.05) is 65.6 Å². The first-order valence-electron chi connectivity index (χ1n) is 7.58. The van der Waals surface area contributed by atoms with Crippen LogP contribution in [-0.4, -0.2) is 28.0 Å². The molecule has 118 valence electrons. The third kappa shape index (κ3) is 3.96. The predicted octanol–water partition coefficient (Wildman–Crippen LogP) is 3.12. The maximum absolute atomic E-state index is 9.74. The van der Waals surface area contributed by atoms with Crippen LogP contribution in [-0.2, 0) is 6.54 Å². The molecule has 0 fully saturated rings. The van der Waals surface area contributed by atoms with Crippen LogP contribution in [0.25, 0.3) is 11.5 Å². The van der Waals surface area contributed by atoms with Crippen molar-refractivity contribution < 1.29 is 9.52 Å². The number of aliphatic hydroxyl groups is 1. The van der Waals surface area contributed by atoms with Gasteiger partial charge >= 0.3 is 0 Å². The Labute approximate surface area is 135 Å². The second-order valence-electron chi connectivity index (χ2n) is 5.43. The van der Waals surface area contributed by atoms with Gasteiger partial charge in [-0.1, -0.05) is 36.4 Å². The first kappa shape index (κ1) is 15.2. The molecule has 5 nitrogen and oxygen atoms in total. The third-order valence-corrected chi connectivity index (χ3v) is 3.42. The molecule has 0 aliphatic carbocycles. The Bertz CT molecular complexity index is 726. The van der Waals surface area contributed by atoms with E-state index in [-0.39, 0.29) is 0 Å². The quantitative estimate of drug-likeness (QED) is 0.758. The molecule has 0 unspecified atom stereocenters. The van der Waals surface area contributed by atoms with Gasteiger partial charge in [-0.05, 0) is 31.2 Å². The van der Waals surface area contributed by atoms with E-state index >= 15 is 0 Å². The first-order valence-corrected chi connectivity index (χ1v) is 7.58. The highest BCUT2D eigenvalue weighted by Gasteiger charge is 2.15. The number of nitrogens with zero attached hydrogens (tertiary/aromatic N) is 3. The molecule has 0 spiro atoms. The highest BCUT2D eigenvalue weighted by molar-refractivity contribution is 5.52.